The Morgan fingerprint density at radius 1 is 1.58 bits per heavy atom. The van der Waals surface area contributed by atoms with Crippen molar-refractivity contribution < 1.29 is 4.92 Å². The summed E-state index contributed by atoms with van der Waals surface area (Å²) in [5.74, 6) is 1.68. The molecule has 3 N–H and O–H groups in total. The molecule has 1 aromatic heterocycles. The van der Waals surface area contributed by atoms with Crippen LogP contribution >= 0.6 is 11.8 Å². The first-order chi connectivity index (χ1) is 9.11. The fraction of sp³-hybridized carbons (Fsp3) is 0.583. The Morgan fingerprint density at radius 2 is 2.37 bits per heavy atom. The van der Waals surface area contributed by atoms with Crippen molar-refractivity contribution in [3.05, 3.63) is 22.2 Å². The zero-order valence-corrected chi connectivity index (χ0v) is 11.7. The number of pyridine rings is 1. The Labute approximate surface area is 116 Å². The number of aromatic nitrogens is 1. The maximum absolute atomic E-state index is 10.7. The van der Waals surface area contributed by atoms with Gasteiger partial charge in [-0.15, -0.1) is 0 Å². The summed E-state index contributed by atoms with van der Waals surface area (Å²) in [7, 11) is 0. The number of hydrogen-bond donors (Lipinski definition) is 2. The van der Waals surface area contributed by atoms with Crippen LogP contribution in [0.2, 0.25) is 0 Å². The molecule has 0 spiro atoms. The van der Waals surface area contributed by atoms with Gasteiger partial charge in [0.05, 0.1) is 4.92 Å². The van der Waals surface area contributed by atoms with Gasteiger partial charge in [0.25, 0.3) is 0 Å². The molecule has 0 radical (unpaired) electrons. The third-order valence-electron chi connectivity index (χ3n) is 3.27. The smallest absolute Gasteiger partial charge is 0.311 e. The molecule has 19 heavy (non-hydrogen) atoms. The van der Waals surface area contributed by atoms with Gasteiger partial charge in [0.15, 0.2) is 0 Å². The lowest BCUT2D eigenvalue weighted by Crippen LogP contribution is -2.26. The number of nitrogen functional groups attached to an aromatic ring is 1. The zero-order chi connectivity index (χ0) is 13.8. The average molecular weight is 282 g/mol. The van der Waals surface area contributed by atoms with E-state index in [-0.39, 0.29) is 11.5 Å². The van der Waals surface area contributed by atoms with Gasteiger partial charge in [-0.05, 0) is 24.7 Å². The van der Waals surface area contributed by atoms with Gasteiger partial charge in [-0.1, -0.05) is 13.3 Å². The summed E-state index contributed by atoms with van der Waals surface area (Å²) in [4.78, 5) is 14.2. The van der Waals surface area contributed by atoms with Crippen molar-refractivity contribution in [1.29, 1.82) is 0 Å². The number of anilines is 2. The molecule has 1 heterocycles. The lowest BCUT2D eigenvalue weighted by atomic mass is 10.2. The average Bonchev–Trinajstić information content (AvgIpc) is 2.77. The monoisotopic (exact) mass is 282 g/mol. The SMILES string of the molecule is CCSC1CCCC1Nc1ccc([N+](=O)[O-])c(N)n1. The minimum atomic E-state index is -0.516. The van der Waals surface area contributed by atoms with Gasteiger partial charge in [0.1, 0.15) is 5.82 Å². The molecule has 6 nitrogen and oxygen atoms in total. The molecule has 0 amide bonds. The molecule has 2 rings (SSSR count). The maximum atomic E-state index is 10.7. The lowest BCUT2D eigenvalue weighted by Gasteiger charge is -2.20. The van der Waals surface area contributed by atoms with E-state index in [4.69, 9.17) is 5.73 Å². The molecule has 1 aliphatic rings. The van der Waals surface area contributed by atoms with E-state index in [0.29, 0.717) is 17.1 Å². The molecular weight excluding hydrogens is 264 g/mol. The third kappa shape index (κ3) is 3.28. The second-order valence-corrected chi connectivity index (χ2v) is 6.05. The number of rotatable bonds is 5. The maximum Gasteiger partial charge on any atom is 0.311 e. The third-order valence-corrected chi connectivity index (χ3v) is 4.59. The quantitative estimate of drug-likeness (QED) is 0.637. The summed E-state index contributed by atoms with van der Waals surface area (Å²) in [5.41, 5.74) is 5.45. The highest BCUT2D eigenvalue weighted by Gasteiger charge is 2.27. The molecule has 2 atom stereocenters. The second-order valence-electron chi connectivity index (χ2n) is 4.53. The highest BCUT2D eigenvalue weighted by molar-refractivity contribution is 7.99. The minimum absolute atomic E-state index is 0.0345. The molecule has 0 aliphatic heterocycles. The molecule has 7 heteroatoms. The number of thioether (sulfide) groups is 1. The van der Waals surface area contributed by atoms with Crippen LogP contribution in [-0.4, -0.2) is 27.0 Å². The first-order valence-corrected chi connectivity index (χ1v) is 7.45. The van der Waals surface area contributed by atoms with Gasteiger partial charge in [0, 0.05) is 17.4 Å². The van der Waals surface area contributed by atoms with Crippen LogP contribution in [0, 0.1) is 10.1 Å². The Bertz CT molecular complexity index is 469. The van der Waals surface area contributed by atoms with E-state index in [9.17, 15) is 10.1 Å². The van der Waals surface area contributed by atoms with Crippen molar-refractivity contribution >= 4 is 29.1 Å². The van der Waals surface area contributed by atoms with Crippen molar-refractivity contribution in [2.45, 2.75) is 37.5 Å². The largest absolute Gasteiger partial charge is 0.378 e. The fourth-order valence-corrected chi connectivity index (χ4v) is 3.59. The normalized spacial score (nSPS) is 22.4. The lowest BCUT2D eigenvalue weighted by molar-refractivity contribution is -0.384. The molecule has 0 aromatic carbocycles. The van der Waals surface area contributed by atoms with E-state index in [2.05, 4.69) is 17.2 Å². The van der Waals surface area contributed by atoms with E-state index in [1.807, 2.05) is 11.8 Å². The number of nitro groups is 1. The van der Waals surface area contributed by atoms with Crippen LogP contribution in [0.25, 0.3) is 0 Å². The number of nitrogens with two attached hydrogens (primary N) is 1. The predicted octanol–water partition coefficient (Wildman–Crippen LogP) is 2.66. The van der Waals surface area contributed by atoms with E-state index < -0.39 is 4.92 Å². The summed E-state index contributed by atoms with van der Waals surface area (Å²) in [5, 5.41) is 14.6. The summed E-state index contributed by atoms with van der Waals surface area (Å²) in [6.07, 6.45) is 3.52. The molecule has 104 valence electrons. The van der Waals surface area contributed by atoms with Crippen molar-refractivity contribution in [3.63, 3.8) is 0 Å². The second kappa shape index (κ2) is 6.10. The standard InChI is InChI=1S/C12H18N4O2S/c1-2-19-10-5-3-4-8(10)14-11-7-6-9(16(17)18)12(13)15-11/h6-8,10H,2-5H2,1H3,(H3,13,14,15). The first-order valence-electron chi connectivity index (χ1n) is 6.41. The van der Waals surface area contributed by atoms with Gasteiger partial charge in [-0.3, -0.25) is 10.1 Å². The van der Waals surface area contributed by atoms with Crippen molar-refractivity contribution in [2.75, 3.05) is 16.8 Å². The predicted molar refractivity (Wildman–Crippen MR) is 78.5 cm³/mol. The van der Waals surface area contributed by atoms with Crippen LogP contribution in [-0.2, 0) is 0 Å². The molecular formula is C12H18N4O2S. The molecule has 2 unspecified atom stereocenters. The highest BCUT2D eigenvalue weighted by atomic mass is 32.2. The summed E-state index contributed by atoms with van der Waals surface area (Å²) in [6.45, 7) is 2.15. The van der Waals surface area contributed by atoms with Crippen molar-refractivity contribution in [2.24, 2.45) is 0 Å². The first kappa shape index (κ1) is 13.9. The molecule has 1 aliphatic carbocycles. The molecule has 1 aromatic rings. The minimum Gasteiger partial charge on any atom is -0.378 e. The summed E-state index contributed by atoms with van der Waals surface area (Å²) >= 11 is 1.95. The number of hydrogen-bond acceptors (Lipinski definition) is 6. The molecule has 0 bridgehead atoms. The Kier molecular flexibility index (Phi) is 4.47. The molecule has 1 saturated carbocycles. The Morgan fingerprint density at radius 3 is 3.00 bits per heavy atom. The van der Waals surface area contributed by atoms with E-state index in [0.717, 1.165) is 12.2 Å². The van der Waals surface area contributed by atoms with Crippen LogP contribution in [0.4, 0.5) is 17.3 Å². The van der Waals surface area contributed by atoms with Crippen LogP contribution in [0.5, 0.6) is 0 Å². The summed E-state index contributed by atoms with van der Waals surface area (Å²) in [6, 6.07) is 3.40. The van der Waals surface area contributed by atoms with Gasteiger partial charge < -0.3 is 11.1 Å². The van der Waals surface area contributed by atoms with E-state index in [1.54, 1.807) is 6.07 Å². The number of nitrogens with one attached hydrogen (secondary N) is 1. The fourth-order valence-electron chi connectivity index (χ4n) is 2.40. The van der Waals surface area contributed by atoms with E-state index >= 15 is 0 Å². The number of nitrogens with zero attached hydrogens (tertiary/aromatic N) is 2. The van der Waals surface area contributed by atoms with Crippen LogP contribution in [0.3, 0.4) is 0 Å². The van der Waals surface area contributed by atoms with Crippen molar-refractivity contribution in [1.82, 2.24) is 4.98 Å². The highest BCUT2D eigenvalue weighted by Crippen LogP contribution is 2.32. The van der Waals surface area contributed by atoms with Crippen LogP contribution in [0.15, 0.2) is 12.1 Å². The van der Waals surface area contributed by atoms with Gasteiger partial charge >= 0.3 is 5.69 Å². The van der Waals surface area contributed by atoms with Crippen molar-refractivity contribution in [3.8, 4) is 0 Å². The van der Waals surface area contributed by atoms with Crippen LogP contribution in [0.1, 0.15) is 26.2 Å². The molecule has 1 fully saturated rings. The zero-order valence-electron chi connectivity index (χ0n) is 10.8. The topological polar surface area (TPSA) is 94.1 Å². The van der Waals surface area contributed by atoms with E-state index in [1.165, 1.54) is 18.9 Å². The Balaban J connectivity index is 2.07. The van der Waals surface area contributed by atoms with Gasteiger partial charge in [-0.25, -0.2) is 4.98 Å². The van der Waals surface area contributed by atoms with Gasteiger partial charge in [-0.2, -0.15) is 11.8 Å². The molecule has 0 saturated heterocycles. The Hall–Kier alpha value is -1.50. The summed E-state index contributed by atoms with van der Waals surface area (Å²) < 4.78 is 0. The van der Waals surface area contributed by atoms with Gasteiger partial charge in [0.2, 0.25) is 5.82 Å². The van der Waals surface area contributed by atoms with Crippen LogP contribution < -0.4 is 11.1 Å².